The molecule has 6 rings (SSSR count). The number of ketones is 1. The molecule has 0 amide bonds. The number of aromatic nitrogens is 1. The van der Waals surface area contributed by atoms with Crippen molar-refractivity contribution in [2.75, 3.05) is 0 Å². The van der Waals surface area contributed by atoms with Gasteiger partial charge in [-0.2, -0.15) is 0 Å². The summed E-state index contributed by atoms with van der Waals surface area (Å²) in [6, 6.07) is 29.6. The molecule has 3 heterocycles. The van der Waals surface area contributed by atoms with Gasteiger partial charge in [0, 0.05) is 42.2 Å². The van der Waals surface area contributed by atoms with Gasteiger partial charge in [-0.15, -0.1) is 46.7 Å². The van der Waals surface area contributed by atoms with Gasteiger partial charge in [0.1, 0.15) is 0 Å². The molecule has 1 aromatic heterocycles. The Balaban J connectivity index is 0.000000320. The number of allylic oxidation sites excluding steroid dienone is 2. The van der Waals surface area contributed by atoms with Crippen molar-refractivity contribution < 1.29 is 30.0 Å². The summed E-state index contributed by atoms with van der Waals surface area (Å²) in [4.78, 5) is 19.8. The van der Waals surface area contributed by atoms with Gasteiger partial charge >= 0.3 is 0 Å². The van der Waals surface area contributed by atoms with E-state index in [9.17, 15) is 4.79 Å². The van der Waals surface area contributed by atoms with Gasteiger partial charge in [-0.05, 0) is 37.7 Å². The third kappa shape index (κ3) is 5.34. The van der Waals surface area contributed by atoms with Crippen molar-refractivity contribution in [3.05, 3.63) is 96.9 Å². The maximum absolute atomic E-state index is 10.0. The van der Waals surface area contributed by atoms with Gasteiger partial charge in [-0.1, -0.05) is 69.2 Å². The van der Waals surface area contributed by atoms with E-state index in [1.165, 1.54) is 55.9 Å². The first kappa shape index (κ1) is 25.5. The molecule has 0 unspecified atom stereocenters. The summed E-state index contributed by atoms with van der Waals surface area (Å²) in [5.74, 6) is -0.0625. The van der Waals surface area contributed by atoms with Crippen molar-refractivity contribution in [1.82, 2.24) is 4.98 Å². The van der Waals surface area contributed by atoms with E-state index in [1.807, 2.05) is 41.9 Å². The normalized spacial score (nSPS) is 12.7. The topological polar surface area (TPSA) is 50.2 Å². The van der Waals surface area contributed by atoms with E-state index in [0.717, 1.165) is 11.3 Å². The molecule has 0 saturated carbocycles. The molecule has 35 heavy (non-hydrogen) atoms. The maximum atomic E-state index is 10.0. The van der Waals surface area contributed by atoms with Crippen molar-refractivity contribution >= 4 is 52.4 Å². The van der Waals surface area contributed by atoms with Crippen LogP contribution in [0.1, 0.15) is 13.8 Å². The second kappa shape index (κ2) is 11.0. The van der Waals surface area contributed by atoms with E-state index in [4.69, 9.17) is 5.11 Å². The molecule has 0 saturated heterocycles. The average molecular weight is 671 g/mol. The Kier molecular flexibility index (Phi) is 8.03. The zero-order chi connectivity index (χ0) is 23.7. The number of carbonyl (C=O) groups excluding carboxylic acids is 1. The van der Waals surface area contributed by atoms with Gasteiger partial charge in [0.25, 0.3) is 0 Å². The number of rotatable bonds is 2. The SMILES string of the molecule is CC(=O)/C=C(/C)O.[Ir].[c-]1c(-c2ccccn2)cc2c3c1Sc1ccccc1B3c1ccccc1S2. The summed E-state index contributed by atoms with van der Waals surface area (Å²) in [7, 11) is 0. The van der Waals surface area contributed by atoms with Crippen LogP contribution in [0.4, 0.5) is 0 Å². The number of nitrogens with zero attached hydrogens (tertiary/aromatic N) is 1. The molecule has 7 heteroatoms. The first-order valence-electron chi connectivity index (χ1n) is 10.9. The third-order valence-electron chi connectivity index (χ3n) is 5.57. The van der Waals surface area contributed by atoms with Crippen LogP contribution in [0.3, 0.4) is 0 Å². The van der Waals surface area contributed by atoms with Crippen molar-refractivity contribution in [3.63, 3.8) is 0 Å². The van der Waals surface area contributed by atoms with Crippen molar-refractivity contribution in [1.29, 1.82) is 0 Å². The predicted octanol–water partition coefficient (Wildman–Crippen LogP) is 5.03. The van der Waals surface area contributed by atoms with E-state index in [2.05, 4.69) is 71.7 Å². The van der Waals surface area contributed by atoms with Gasteiger partial charge < -0.3 is 10.1 Å². The van der Waals surface area contributed by atoms with Crippen LogP contribution in [0.2, 0.25) is 0 Å². The third-order valence-corrected chi connectivity index (χ3v) is 7.83. The number of fused-ring (bicyclic) bond motifs is 4. The number of hydrogen-bond donors (Lipinski definition) is 1. The monoisotopic (exact) mass is 671 g/mol. The van der Waals surface area contributed by atoms with E-state index in [-0.39, 0.29) is 31.6 Å². The van der Waals surface area contributed by atoms with Gasteiger partial charge in [0.2, 0.25) is 0 Å². The van der Waals surface area contributed by atoms with Crippen molar-refractivity contribution in [2.24, 2.45) is 0 Å². The van der Waals surface area contributed by atoms with Crippen LogP contribution >= 0.6 is 23.5 Å². The summed E-state index contributed by atoms with van der Waals surface area (Å²) >= 11 is 3.71. The van der Waals surface area contributed by atoms with Crippen LogP contribution in [0.15, 0.2) is 110 Å². The fourth-order valence-corrected chi connectivity index (χ4v) is 6.70. The van der Waals surface area contributed by atoms with Gasteiger partial charge in [-0.25, -0.2) is 0 Å². The quantitative estimate of drug-likeness (QED) is 0.121. The van der Waals surface area contributed by atoms with Crippen LogP contribution in [0.25, 0.3) is 11.3 Å². The molecule has 0 fully saturated rings. The molecule has 0 spiro atoms. The van der Waals surface area contributed by atoms with Gasteiger partial charge in [-0.3, -0.25) is 4.79 Å². The molecule has 0 atom stereocenters. The molecule has 3 aromatic carbocycles. The van der Waals surface area contributed by atoms with Crippen LogP contribution < -0.4 is 16.4 Å². The number of carbonyl (C=O) groups is 1. The van der Waals surface area contributed by atoms with Crippen LogP contribution in [-0.4, -0.2) is 22.6 Å². The summed E-state index contributed by atoms with van der Waals surface area (Å²) in [5, 5.41) is 8.36. The molecule has 4 aromatic rings. The summed E-state index contributed by atoms with van der Waals surface area (Å²) < 4.78 is 0. The maximum Gasteiger partial charge on any atom is 0.195 e. The van der Waals surface area contributed by atoms with Gasteiger partial charge in [0.15, 0.2) is 12.5 Å². The zero-order valence-electron chi connectivity index (χ0n) is 19.1. The zero-order valence-corrected chi connectivity index (χ0v) is 23.1. The molecule has 175 valence electrons. The molecule has 0 bridgehead atoms. The first-order chi connectivity index (χ1) is 16.5. The van der Waals surface area contributed by atoms with E-state index in [0.29, 0.717) is 6.71 Å². The van der Waals surface area contributed by atoms with Crippen molar-refractivity contribution in [2.45, 2.75) is 33.4 Å². The van der Waals surface area contributed by atoms with Crippen molar-refractivity contribution in [3.8, 4) is 11.3 Å². The molecular weight excluding hydrogens is 649 g/mol. The average Bonchev–Trinajstić information content (AvgIpc) is 2.83. The minimum Gasteiger partial charge on any atom is -0.512 e. The van der Waals surface area contributed by atoms with E-state index < -0.39 is 0 Å². The number of hydrogen-bond acceptors (Lipinski definition) is 5. The summed E-state index contributed by atoms with van der Waals surface area (Å²) in [6.07, 6.45) is 3.02. The first-order valence-corrected chi connectivity index (χ1v) is 12.6. The second-order valence-electron chi connectivity index (χ2n) is 8.11. The van der Waals surface area contributed by atoms with Crippen LogP contribution in [0.5, 0.6) is 0 Å². The van der Waals surface area contributed by atoms with Gasteiger partial charge in [0.05, 0.1) is 5.76 Å². The molecule has 1 radical (unpaired) electrons. The fraction of sp³-hybridized carbons (Fsp3) is 0.0714. The molecule has 1 N–H and O–H groups in total. The number of aliphatic hydroxyl groups excluding tert-OH is 1. The van der Waals surface area contributed by atoms with Crippen LogP contribution in [-0.2, 0) is 24.9 Å². The molecular formula is C28H21BIrNO2S2-. The molecule has 2 aliphatic rings. The Labute approximate surface area is 227 Å². The molecule has 2 aliphatic heterocycles. The Bertz CT molecular complexity index is 1350. The molecule has 3 nitrogen and oxygen atoms in total. The summed E-state index contributed by atoms with van der Waals surface area (Å²) in [5.41, 5.74) is 6.27. The largest absolute Gasteiger partial charge is 0.512 e. The summed E-state index contributed by atoms with van der Waals surface area (Å²) in [6.45, 7) is 3.14. The number of benzene rings is 3. The van der Waals surface area contributed by atoms with Crippen LogP contribution in [0, 0.1) is 6.07 Å². The standard InChI is InChI=1S/C23H13BNS2.C5H8O2.Ir/c1-3-10-19-16(7-1)24-17-8-2-4-11-20(17)27-22-14-15(13-21(26-19)23(22)24)18-9-5-6-12-25-18;1-4(6)3-5(2)7;/h1-13H;3,6H,1-2H3;/q-1;;/b;4-3-;. The number of aliphatic hydroxyl groups is 1. The predicted molar refractivity (Wildman–Crippen MR) is 141 cm³/mol. The minimum atomic E-state index is -0.125. The van der Waals surface area contributed by atoms with E-state index in [1.54, 1.807) is 0 Å². The Morgan fingerprint density at radius 2 is 1.54 bits per heavy atom. The Morgan fingerprint density at radius 1 is 0.914 bits per heavy atom. The van der Waals surface area contributed by atoms with E-state index >= 15 is 0 Å². The Hall–Kier alpha value is -2.57. The smallest absolute Gasteiger partial charge is 0.195 e. The number of pyridine rings is 1. The minimum absolute atomic E-state index is 0. The molecule has 0 aliphatic carbocycles. The Morgan fingerprint density at radius 3 is 2.11 bits per heavy atom. The fourth-order valence-electron chi connectivity index (χ4n) is 4.27. The second-order valence-corrected chi connectivity index (χ2v) is 10.3.